The summed E-state index contributed by atoms with van der Waals surface area (Å²) in [5.74, 6) is 0.984. The van der Waals surface area contributed by atoms with E-state index in [0.29, 0.717) is 12.1 Å². The first-order valence-electron chi connectivity index (χ1n) is 8.11. The molecular weight excluding hydrogens is 262 g/mol. The maximum absolute atomic E-state index is 4.39. The zero-order valence-corrected chi connectivity index (χ0v) is 13.8. The second-order valence-electron chi connectivity index (χ2n) is 6.19. The molecule has 0 bridgehead atoms. The lowest BCUT2D eigenvalue weighted by Crippen LogP contribution is -2.43. The number of aromatic nitrogens is 2. The summed E-state index contributed by atoms with van der Waals surface area (Å²) in [6.45, 7) is 10.8. The molecule has 5 heteroatoms. The first-order chi connectivity index (χ1) is 10.1. The molecule has 118 valence electrons. The lowest BCUT2D eigenvalue weighted by atomic mass is 10.0. The van der Waals surface area contributed by atoms with Crippen molar-refractivity contribution in [3.63, 3.8) is 0 Å². The fraction of sp³-hybridized carbons (Fsp3) is 0.750. The number of hydrogen-bond donors (Lipinski definition) is 1. The molecular formula is C16H29N5. The topological polar surface area (TPSA) is 44.3 Å². The molecule has 1 fully saturated rings. The van der Waals surface area contributed by atoms with Gasteiger partial charge in [0.2, 0.25) is 0 Å². The van der Waals surface area contributed by atoms with E-state index in [1.165, 1.54) is 25.9 Å². The number of nitrogens with zero attached hydrogens (tertiary/aromatic N) is 4. The summed E-state index contributed by atoms with van der Waals surface area (Å²) >= 11 is 0. The molecule has 1 aromatic rings. The molecule has 1 N–H and O–H groups in total. The fourth-order valence-electron chi connectivity index (χ4n) is 2.75. The molecule has 0 aliphatic carbocycles. The van der Waals surface area contributed by atoms with Crippen molar-refractivity contribution in [1.82, 2.24) is 20.4 Å². The van der Waals surface area contributed by atoms with Crippen molar-refractivity contribution in [2.45, 2.75) is 52.2 Å². The highest BCUT2D eigenvalue weighted by Gasteiger charge is 2.22. The maximum atomic E-state index is 4.39. The van der Waals surface area contributed by atoms with E-state index in [-0.39, 0.29) is 0 Å². The van der Waals surface area contributed by atoms with E-state index in [4.69, 9.17) is 0 Å². The molecule has 2 heterocycles. The third-order valence-electron chi connectivity index (χ3n) is 4.31. The van der Waals surface area contributed by atoms with Crippen LogP contribution in [0.15, 0.2) is 12.1 Å². The van der Waals surface area contributed by atoms with Crippen LogP contribution in [0.3, 0.4) is 0 Å². The number of nitrogens with one attached hydrogen (secondary N) is 1. The first-order valence-corrected chi connectivity index (χ1v) is 8.11. The fourth-order valence-corrected chi connectivity index (χ4v) is 2.75. The zero-order valence-electron chi connectivity index (χ0n) is 13.8. The van der Waals surface area contributed by atoms with Crippen LogP contribution in [0, 0.1) is 0 Å². The predicted molar refractivity (Wildman–Crippen MR) is 87.5 cm³/mol. The van der Waals surface area contributed by atoms with Gasteiger partial charge in [0, 0.05) is 38.8 Å². The molecule has 2 rings (SSSR count). The quantitative estimate of drug-likeness (QED) is 0.867. The van der Waals surface area contributed by atoms with Crippen LogP contribution in [-0.4, -0.2) is 53.9 Å². The molecule has 0 amide bonds. The Kier molecular flexibility index (Phi) is 5.94. The van der Waals surface area contributed by atoms with E-state index < -0.39 is 0 Å². The Morgan fingerprint density at radius 2 is 2.00 bits per heavy atom. The van der Waals surface area contributed by atoms with Crippen molar-refractivity contribution < 1.29 is 0 Å². The molecule has 0 radical (unpaired) electrons. The van der Waals surface area contributed by atoms with Crippen molar-refractivity contribution in [2.24, 2.45) is 0 Å². The Balaban J connectivity index is 1.89. The summed E-state index contributed by atoms with van der Waals surface area (Å²) in [5, 5.41) is 12.1. The lowest BCUT2D eigenvalue weighted by Gasteiger charge is -2.36. The standard InChI is InChI=1S/C16H29N5/c1-5-21-10-8-15(9-11-21)20(4)16-7-6-14(18-19-16)12-17-13(2)3/h6-7,13,15,17H,5,8-12H2,1-4H3. The van der Waals surface area contributed by atoms with Gasteiger partial charge in [0.05, 0.1) is 5.69 Å². The highest BCUT2D eigenvalue weighted by molar-refractivity contribution is 5.37. The van der Waals surface area contributed by atoms with Gasteiger partial charge in [0.15, 0.2) is 5.82 Å². The molecule has 5 nitrogen and oxygen atoms in total. The van der Waals surface area contributed by atoms with E-state index in [1.807, 2.05) is 0 Å². The van der Waals surface area contributed by atoms with Gasteiger partial charge in [-0.3, -0.25) is 0 Å². The molecule has 1 aromatic heterocycles. The van der Waals surface area contributed by atoms with E-state index in [9.17, 15) is 0 Å². The molecule has 0 atom stereocenters. The van der Waals surface area contributed by atoms with Crippen LogP contribution in [-0.2, 0) is 6.54 Å². The number of likely N-dealkylation sites (tertiary alicyclic amines) is 1. The Bertz CT molecular complexity index is 409. The number of anilines is 1. The molecule has 21 heavy (non-hydrogen) atoms. The molecule has 1 aliphatic heterocycles. The average Bonchev–Trinajstić information content (AvgIpc) is 2.53. The van der Waals surface area contributed by atoms with Gasteiger partial charge in [0.1, 0.15) is 0 Å². The molecule has 1 aliphatic rings. The van der Waals surface area contributed by atoms with Crippen LogP contribution in [0.25, 0.3) is 0 Å². The van der Waals surface area contributed by atoms with Gasteiger partial charge >= 0.3 is 0 Å². The van der Waals surface area contributed by atoms with Gasteiger partial charge in [-0.1, -0.05) is 20.8 Å². The van der Waals surface area contributed by atoms with Gasteiger partial charge < -0.3 is 15.1 Å². The van der Waals surface area contributed by atoms with E-state index in [0.717, 1.165) is 24.6 Å². The van der Waals surface area contributed by atoms with Crippen molar-refractivity contribution in [3.8, 4) is 0 Å². The summed E-state index contributed by atoms with van der Waals surface area (Å²) in [6, 6.07) is 5.23. The minimum Gasteiger partial charge on any atom is -0.355 e. The van der Waals surface area contributed by atoms with Gasteiger partial charge in [-0.2, -0.15) is 5.10 Å². The number of piperidine rings is 1. The Morgan fingerprint density at radius 1 is 1.29 bits per heavy atom. The summed E-state index contributed by atoms with van der Waals surface area (Å²) in [6.07, 6.45) is 2.42. The van der Waals surface area contributed by atoms with E-state index in [2.05, 4.69) is 65.3 Å². The smallest absolute Gasteiger partial charge is 0.151 e. The summed E-state index contributed by atoms with van der Waals surface area (Å²) in [7, 11) is 2.14. The van der Waals surface area contributed by atoms with Crippen molar-refractivity contribution in [3.05, 3.63) is 17.8 Å². The predicted octanol–water partition coefficient (Wildman–Crippen LogP) is 1.90. The van der Waals surface area contributed by atoms with Gasteiger partial charge in [-0.25, -0.2) is 0 Å². The summed E-state index contributed by atoms with van der Waals surface area (Å²) < 4.78 is 0. The molecule has 1 saturated heterocycles. The lowest BCUT2D eigenvalue weighted by molar-refractivity contribution is 0.220. The van der Waals surface area contributed by atoms with Crippen molar-refractivity contribution in [1.29, 1.82) is 0 Å². The van der Waals surface area contributed by atoms with Crippen LogP contribution in [0.5, 0.6) is 0 Å². The minimum absolute atomic E-state index is 0.470. The largest absolute Gasteiger partial charge is 0.355 e. The number of hydrogen-bond acceptors (Lipinski definition) is 5. The number of rotatable bonds is 6. The maximum Gasteiger partial charge on any atom is 0.151 e. The molecule has 0 saturated carbocycles. The highest BCUT2D eigenvalue weighted by atomic mass is 15.3. The SMILES string of the molecule is CCN1CCC(N(C)c2ccc(CNC(C)C)nn2)CC1. The van der Waals surface area contributed by atoms with Crippen LogP contribution in [0.1, 0.15) is 39.3 Å². The van der Waals surface area contributed by atoms with Crippen LogP contribution in [0.2, 0.25) is 0 Å². The third-order valence-corrected chi connectivity index (χ3v) is 4.31. The van der Waals surface area contributed by atoms with E-state index >= 15 is 0 Å². The highest BCUT2D eigenvalue weighted by Crippen LogP contribution is 2.19. The minimum atomic E-state index is 0.470. The zero-order chi connectivity index (χ0) is 15.2. The monoisotopic (exact) mass is 291 g/mol. The van der Waals surface area contributed by atoms with Gasteiger partial charge in [-0.15, -0.1) is 5.10 Å². The summed E-state index contributed by atoms with van der Waals surface area (Å²) in [5.41, 5.74) is 1.00. The Labute approximate surface area is 128 Å². The molecule has 0 unspecified atom stereocenters. The average molecular weight is 291 g/mol. The van der Waals surface area contributed by atoms with Gasteiger partial charge in [-0.05, 0) is 31.5 Å². The second-order valence-corrected chi connectivity index (χ2v) is 6.19. The van der Waals surface area contributed by atoms with Crippen LogP contribution >= 0.6 is 0 Å². The summed E-state index contributed by atoms with van der Waals surface area (Å²) in [4.78, 5) is 4.80. The third kappa shape index (κ3) is 4.64. The Hall–Kier alpha value is -1.20. The molecule has 0 aromatic carbocycles. The second kappa shape index (κ2) is 7.71. The van der Waals surface area contributed by atoms with Crippen LogP contribution < -0.4 is 10.2 Å². The van der Waals surface area contributed by atoms with Gasteiger partial charge in [0.25, 0.3) is 0 Å². The normalized spacial score (nSPS) is 17.4. The van der Waals surface area contributed by atoms with Crippen molar-refractivity contribution >= 4 is 5.82 Å². The first kappa shape index (κ1) is 16.2. The molecule has 0 spiro atoms. The van der Waals surface area contributed by atoms with Crippen molar-refractivity contribution in [2.75, 3.05) is 31.6 Å². The van der Waals surface area contributed by atoms with E-state index in [1.54, 1.807) is 0 Å². The Morgan fingerprint density at radius 3 is 2.52 bits per heavy atom. The van der Waals surface area contributed by atoms with Crippen LogP contribution in [0.4, 0.5) is 5.82 Å².